The van der Waals surface area contributed by atoms with E-state index in [1.165, 1.54) is 12.1 Å². The van der Waals surface area contributed by atoms with Crippen molar-refractivity contribution in [2.24, 2.45) is 0 Å². The summed E-state index contributed by atoms with van der Waals surface area (Å²) in [4.78, 5) is 17.0. The van der Waals surface area contributed by atoms with Crippen LogP contribution in [0.1, 0.15) is 25.7 Å². The number of rotatable bonds is 3. The van der Waals surface area contributed by atoms with Gasteiger partial charge in [-0.3, -0.25) is 4.90 Å². The second-order valence-corrected chi connectivity index (χ2v) is 6.55. The van der Waals surface area contributed by atoms with E-state index in [2.05, 4.69) is 10.2 Å². The highest BCUT2D eigenvalue weighted by molar-refractivity contribution is 5.89. The van der Waals surface area contributed by atoms with Gasteiger partial charge in [0.2, 0.25) is 0 Å². The Labute approximate surface area is 142 Å². The van der Waals surface area contributed by atoms with Gasteiger partial charge >= 0.3 is 6.03 Å². The first-order chi connectivity index (χ1) is 11.7. The molecule has 2 fully saturated rings. The molecular formula is C18H26FN3O2. The van der Waals surface area contributed by atoms with Crippen LogP contribution >= 0.6 is 0 Å². The highest BCUT2D eigenvalue weighted by Crippen LogP contribution is 2.20. The van der Waals surface area contributed by atoms with Crippen molar-refractivity contribution < 1.29 is 13.9 Å². The molecule has 5 nitrogen and oxygen atoms in total. The number of ether oxygens (including phenoxy) is 1. The van der Waals surface area contributed by atoms with Crippen LogP contribution < -0.4 is 5.32 Å². The fourth-order valence-corrected chi connectivity index (χ4v) is 3.48. The van der Waals surface area contributed by atoms with Crippen molar-refractivity contribution in [1.29, 1.82) is 0 Å². The molecule has 0 saturated carbocycles. The van der Waals surface area contributed by atoms with E-state index in [1.54, 1.807) is 12.1 Å². The maximum Gasteiger partial charge on any atom is 0.322 e. The van der Waals surface area contributed by atoms with Crippen molar-refractivity contribution in [3.63, 3.8) is 0 Å². The molecule has 1 N–H and O–H groups in total. The Bertz CT molecular complexity index is 549. The van der Waals surface area contributed by atoms with Gasteiger partial charge in [-0.15, -0.1) is 0 Å². The largest absolute Gasteiger partial charge is 0.379 e. The van der Waals surface area contributed by atoms with Crippen molar-refractivity contribution in [3.05, 3.63) is 30.1 Å². The van der Waals surface area contributed by atoms with Gasteiger partial charge in [-0.05, 0) is 31.0 Å². The minimum absolute atomic E-state index is 0.124. The van der Waals surface area contributed by atoms with Crippen LogP contribution in [-0.2, 0) is 4.74 Å². The van der Waals surface area contributed by atoms with Crippen LogP contribution in [0.15, 0.2) is 24.3 Å². The molecule has 2 aliphatic heterocycles. The van der Waals surface area contributed by atoms with E-state index < -0.39 is 0 Å². The minimum Gasteiger partial charge on any atom is -0.379 e. The Morgan fingerprint density at radius 3 is 2.83 bits per heavy atom. The van der Waals surface area contributed by atoms with E-state index in [1.807, 2.05) is 4.90 Å². The molecule has 24 heavy (non-hydrogen) atoms. The van der Waals surface area contributed by atoms with E-state index in [-0.39, 0.29) is 17.9 Å². The smallest absolute Gasteiger partial charge is 0.322 e. The predicted molar refractivity (Wildman–Crippen MR) is 91.6 cm³/mol. The third-order valence-electron chi connectivity index (χ3n) is 4.79. The molecule has 132 valence electrons. The molecule has 0 aromatic heterocycles. The highest BCUT2D eigenvalue weighted by atomic mass is 19.1. The molecule has 0 spiro atoms. The Hall–Kier alpha value is -1.66. The standard InChI is InChI=1S/C18H26FN3O2/c19-15-5-4-6-16(13-15)20-18(23)22-8-3-1-2-7-17(22)14-21-9-11-24-12-10-21/h4-6,13,17H,1-3,7-12,14H2,(H,20,23). The topological polar surface area (TPSA) is 44.8 Å². The molecule has 0 bridgehead atoms. The van der Waals surface area contributed by atoms with Gasteiger partial charge in [0.15, 0.2) is 0 Å². The number of morpholine rings is 1. The maximum atomic E-state index is 13.3. The summed E-state index contributed by atoms with van der Waals surface area (Å²) in [6, 6.07) is 6.14. The summed E-state index contributed by atoms with van der Waals surface area (Å²) in [6.45, 7) is 5.03. The van der Waals surface area contributed by atoms with Crippen LogP contribution in [0.4, 0.5) is 14.9 Å². The monoisotopic (exact) mass is 335 g/mol. The molecule has 2 aliphatic rings. The molecule has 2 amide bonds. The first-order valence-corrected chi connectivity index (χ1v) is 8.86. The second kappa shape index (κ2) is 8.44. The lowest BCUT2D eigenvalue weighted by Gasteiger charge is -2.36. The van der Waals surface area contributed by atoms with Crippen molar-refractivity contribution >= 4 is 11.7 Å². The molecule has 1 unspecified atom stereocenters. The number of hydrogen-bond acceptors (Lipinski definition) is 3. The van der Waals surface area contributed by atoms with Crippen molar-refractivity contribution in [2.45, 2.75) is 31.7 Å². The summed E-state index contributed by atoms with van der Waals surface area (Å²) in [7, 11) is 0. The molecule has 3 rings (SSSR count). The molecule has 1 atom stereocenters. The van der Waals surface area contributed by atoms with Gasteiger partial charge < -0.3 is 15.0 Å². The number of anilines is 1. The van der Waals surface area contributed by atoms with Crippen LogP contribution in [0.3, 0.4) is 0 Å². The number of amides is 2. The number of benzene rings is 1. The Morgan fingerprint density at radius 2 is 2.04 bits per heavy atom. The Kier molecular flexibility index (Phi) is 6.04. The average Bonchev–Trinajstić information content (AvgIpc) is 2.81. The van der Waals surface area contributed by atoms with E-state index in [9.17, 15) is 9.18 Å². The normalized spacial score (nSPS) is 22.9. The molecule has 0 radical (unpaired) electrons. The molecule has 6 heteroatoms. The van der Waals surface area contributed by atoms with Crippen molar-refractivity contribution in [1.82, 2.24) is 9.80 Å². The van der Waals surface area contributed by atoms with Gasteiger partial charge in [-0.2, -0.15) is 0 Å². The summed E-state index contributed by atoms with van der Waals surface area (Å²) in [5.74, 6) is -0.339. The summed E-state index contributed by atoms with van der Waals surface area (Å²) < 4.78 is 18.7. The van der Waals surface area contributed by atoms with Crippen LogP contribution in [0.5, 0.6) is 0 Å². The molecule has 2 saturated heterocycles. The first kappa shape index (κ1) is 17.2. The minimum atomic E-state index is -0.339. The lowest BCUT2D eigenvalue weighted by atomic mass is 10.1. The maximum absolute atomic E-state index is 13.3. The quantitative estimate of drug-likeness (QED) is 0.924. The molecule has 2 heterocycles. The van der Waals surface area contributed by atoms with Gasteiger partial charge in [0.1, 0.15) is 5.82 Å². The average molecular weight is 335 g/mol. The lowest BCUT2D eigenvalue weighted by Crippen LogP contribution is -2.50. The van der Waals surface area contributed by atoms with E-state index in [0.717, 1.165) is 65.1 Å². The number of urea groups is 1. The van der Waals surface area contributed by atoms with Crippen molar-refractivity contribution in [2.75, 3.05) is 44.7 Å². The highest BCUT2D eigenvalue weighted by Gasteiger charge is 2.27. The third-order valence-corrected chi connectivity index (χ3v) is 4.79. The zero-order valence-corrected chi connectivity index (χ0v) is 14.0. The number of nitrogens with zero attached hydrogens (tertiary/aromatic N) is 2. The predicted octanol–water partition coefficient (Wildman–Crippen LogP) is 2.93. The lowest BCUT2D eigenvalue weighted by molar-refractivity contribution is 0.0266. The second-order valence-electron chi connectivity index (χ2n) is 6.55. The van der Waals surface area contributed by atoms with Gasteiger partial charge in [0.05, 0.1) is 13.2 Å². The SMILES string of the molecule is O=C(Nc1cccc(F)c1)N1CCCCCC1CN1CCOCC1. The summed E-state index contributed by atoms with van der Waals surface area (Å²) >= 11 is 0. The summed E-state index contributed by atoms with van der Waals surface area (Å²) in [5, 5.41) is 2.85. The van der Waals surface area contributed by atoms with E-state index in [0.29, 0.717) is 5.69 Å². The number of hydrogen-bond donors (Lipinski definition) is 1. The number of nitrogens with one attached hydrogen (secondary N) is 1. The van der Waals surface area contributed by atoms with Gasteiger partial charge in [-0.1, -0.05) is 18.9 Å². The van der Waals surface area contributed by atoms with Crippen LogP contribution in [0, 0.1) is 5.82 Å². The van der Waals surface area contributed by atoms with E-state index >= 15 is 0 Å². The zero-order chi connectivity index (χ0) is 16.8. The van der Waals surface area contributed by atoms with Gasteiger partial charge in [-0.25, -0.2) is 9.18 Å². The molecule has 0 aliphatic carbocycles. The van der Waals surface area contributed by atoms with Gasteiger partial charge in [0.25, 0.3) is 0 Å². The molecular weight excluding hydrogens is 309 g/mol. The zero-order valence-electron chi connectivity index (χ0n) is 14.0. The molecule has 1 aromatic carbocycles. The Balaban J connectivity index is 1.65. The number of carbonyl (C=O) groups excluding carboxylic acids is 1. The fourth-order valence-electron chi connectivity index (χ4n) is 3.48. The third kappa shape index (κ3) is 4.68. The Morgan fingerprint density at radius 1 is 1.21 bits per heavy atom. The first-order valence-electron chi connectivity index (χ1n) is 8.86. The van der Waals surface area contributed by atoms with E-state index in [4.69, 9.17) is 4.74 Å². The van der Waals surface area contributed by atoms with Crippen LogP contribution in [0.2, 0.25) is 0 Å². The number of likely N-dealkylation sites (tertiary alicyclic amines) is 1. The number of carbonyl (C=O) groups is 1. The summed E-state index contributed by atoms with van der Waals surface area (Å²) in [5.41, 5.74) is 0.509. The molecule has 1 aromatic rings. The number of halogens is 1. The summed E-state index contributed by atoms with van der Waals surface area (Å²) in [6.07, 6.45) is 4.35. The fraction of sp³-hybridized carbons (Fsp3) is 0.611. The van der Waals surface area contributed by atoms with Crippen LogP contribution in [-0.4, -0.2) is 61.3 Å². The van der Waals surface area contributed by atoms with Crippen molar-refractivity contribution in [3.8, 4) is 0 Å². The van der Waals surface area contributed by atoms with Gasteiger partial charge in [0, 0.05) is 37.9 Å². The van der Waals surface area contributed by atoms with Crippen LogP contribution in [0.25, 0.3) is 0 Å².